The molecule has 9 nitrogen and oxygen atoms in total. The van der Waals surface area contributed by atoms with Crippen LogP contribution in [0.15, 0.2) is 36.4 Å². The molecule has 156 valence electrons. The summed E-state index contributed by atoms with van der Waals surface area (Å²) in [4.78, 5) is 37.4. The minimum atomic E-state index is -0.281. The third-order valence-corrected chi connectivity index (χ3v) is 5.17. The first-order chi connectivity index (χ1) is 14.5. The summed E-state index contributed by atoms with van der Waals surface area (Å²) in [5, 5.41) is 7.02. The number of rotatable bonds is 5. The number of piperazine rings is 1. The molecule has 0 spiro atoms. The van der Waals surface area contributed by atoms with Crippen LogP contribution < -0.4 is 10.2 Å². The smallest absolute Gasteiger partial charge is 0.252 e. The summed E-state index contributed by atoms with van der Waals surface area (Å²) in [5.74, 6) is 0.504. The number of para-hydroxylation sites is 1. The minimum absolute atomic E-state index is 0.0108. The second kappa shape index (κ2) is 8.48. The first kappa shape index (κ1) is 19.8. The molecule has 1 aliphatic rings. The molecule has 0 aliphatic carbocycles. The van der Waals surface area contributed by atoms with Gasteiger partial charge in [-0.05, 0) is 32.0 Å². The molecule has 0 radical (unpaired) electrons. The van der Waals surface area contributed by atoms with Crippen LogP contribution in [0.4, 0.5) is 5.69 Å². The average molecular weight is 407 g/mol. The summed E-state index contributed by atoms with van der Waals surface area (Å²) in [6, 6.07) is 12.1. The molecule has 30 heavy (non-hydrogen) atoms. The molecule has 0 saturated carbocycles. The average Bonchev–Trinajstić information content (AvgIpc) is 3.15. The molecule has 1 aromatic carbocycles. The zero-order chi connectivity index (χ0) is 21.1. The maximum atomic E-state index is 12.5. The van der Waals surface area contributed by atoms with E-state index in [4.69, 9.17) is 0 Å². The van der Waals surface area contributed by atoms with Gasteiger partial charge in [0.05, 0.1) is 13.0 Å². The van der Waals surface area contributed by atoms with Crippen LogP contribution in [-0.4, -0.2) is 69.0 Å². The third-order valence-electron chi connectivity index (χ3n) is 5.17. The molecule has 3 heterocycles. The largest absolute Gasteiger partial charge is 0.368 e. The molecule has 9 heteroatoms. The predicted octanol–water partition coefficient (Wildman–Crippen LogP) is 0.749. The van der Waals surface area contributed by atoms with E-state index in [1.807, 2.05) is 38.1 Å². The van der Waals surface area contributed by atoms with Crippen LogP contribution in [0.25, 0.3) is 5.78 Å². The standard InChI is InChI=1S/C21H25N7O2/c1-15-12-16(2)28-21(23-15)24-18(25-28)13-19(29)22-14-20(30)27-10-8-26(9-11-27)17-6-4-3-5-7-17/h3-7,12H,8-11,13-14H2,1-2H3,(H,22,29). The molecule has 1 saturated heterocycles. The van der Waals surface area contributed by atoms with Gasteiger partial charge in [-0.3, -0.25) is 9.59 Å². The lowest BCUT2D eigenvalue weighted by atomic mass is 10.2. The maximum Gasteiger partial charge on any atom is 0.252 e. The van der Waals surface area contributed by atoms with Gasteiger partial charge in [0.25, 0.3) is 5.78 Å². The zero-order valence-corrected chi connectivity index (χ0v) is 17.2. The number of carbonyl (C=O) groups is 2. The van der Waals surface area contributed by atoms with E-state index in [0.29, 0.717) is 24.7 Å². The van der Waals surface area contributed by atoms with Gasteiger partial charge >= 0.3 is 0 Å². The van der Waals surface area contributed by atoms with Crippen molar-refractivity contribution in [2.24, 2.45) is 0 Å². The van der Waals surface area contributed by atoms with Crippen LogP contribution >= 0.6 is 0 Å². The fourth-order valence-corrected chi connectivity index (χ4v) is 3.63. The van der Waals surface area contributed by atoms with Crippen molar-refractivity contribution in [2.45, 2.75) is 20.3 Å². The highest BCUT2D eigenvalue weighted by molar-refractivity contribution is 5.85. The van der Waals surface area contributed by atoms with E-state index in [0.717, 1.165) is 30.2 Å². The van der Waals surface area contributed by atoms with Crippen LogP contribution in [0.3, 0.4) is 0 Å². The lowest BCUT2D eigenvalue weighted by Crippen LogP contribution is -2.51. The first-order valence-corrected chi connectivity index (χ1v) is 10.0. The predicted molar refractivity (Wildman–Crippen MR) is 112 cm³/mol. The molecule has 1 N–H and O–H groups in total. The van der Waals surface area contributed by atoms with Crippen molar-refractivity contribution >= 4 is 23.3 Å². The molecule has 0 atom stereocenters. The number of aryl methyl sites for hydroxylation is 2. The van der Waals surface area contributed by atoms with Crippen LogP contribution in [0, 0.1) is 13.8 Å². The Labute approximate surface area is 174 Å². The number of benzene rings is 1. The van der Waals surface area contributed by atoms with Crippen LogP contribution in [-0.2, 0) is 16.0 Å². The van der Waals surface area contributed by atoms with Crippen molar-refractivity contribution in [2.75, 3.05) is 37.6 Å². The van der Waals surface area contributed by atoms with Crippen molar-refractivity contribution in [3.05, 3.63) is 53.6 Å². The number of anilines is 1. The zero-order valence-electron chi connectivity index (χ0n) is 17.2. The lowest BCUT2D eigenvalue weighted by molar-refractivity contribution is -0.133. The van der Waals surface area contributed by atoms with Crippen molar-refractivity contribution in [1.29, 1.82) is 0 Å². The monoisotopic (exact) mass is 407 g/mol. The topological polar surface area (TPSA) is 95.7 Å². The van der Waals surface area contributed by atoms with Crippen molar-refractivity contribution < 1.29 is 9.59 Å². The number of nitrogens with zero attached hydrogens (tertiary/aromatic N) is 6. The van der Waals surface area contributed by atoms with Crippen LogP contribution in [0.5, 0.6) is 0 Å². The highest BCUT2D eigenvalue weighted by atomic mass is 16.2. The summed E-state index contributed by atoms with van der Waals surface area (Å²) in [6.07, 6.45) is 0.0108. The van der Waals surface area contributed by atoms with Gasteiger partial charge < -0.3 is 15.1 Å². The van der Waals surface area contributed by atoms with E-state index in [-0.39, 0.29) is 24.8 Å². The number of aromatic nitrogens is 4. The molecule has 2 aromatic heterocycles. The number of hydrogen-bond acceptors (Lipinski definition) is 6. The van der Waals surface area contributed by atoms with E-state index in [1.165, 1.54) is 0 Å². The van der Waals surface area contributed by atoms with Crippen LogP contribution in [0.2, 0.25) is 0 Å². The fraction of sp³-hybridized carbons (Fsp3) is 0.381. The second-order valence-corrected chi connectivity index (χ2v) is 7.44. The Balaban J connectivity index is 1.26. The Kier molecular flexibility index (Phi) is 5.60. The molecular formula is C21H25N7O2. The molecule has 0 bridgehead atoms. The summed E-state index contributed by atoms with van der Waals surface area (Å²) in [6.45, 7) is 6.62. The quantitative estimate of drug-likeness (QED) is 0.671. The molecule has 4 rings (SSSR count). The third kappa shape index (κ3) is 4.40. The van der Waals surface area contributed by atoms with Crippen LogP contribution in [0.1, 0.15) is 17.2 Å². The number of amides is 2. The minimum Gasteiger partial charge on any atom is -0.368 e. The van der Waals surface area contributed by atoms with Gasteiger partial charge in [0.1, 0.15) is 0 Å². The highest BCUT2D eigenvalue weighted by Crippen LogP contribution is 2.15. The lowest BCUT2D eigenvalue weighted by Gasteiger charge is -2.36. The van der Waals surface area contributed by atoms with E-state index in [9.17, 15) is 9.59 Å². The van der Waals surface area contributed by atoms with Gasteiger partial charge in [-0.25, -0.2) is 9.50 Å². The number of carbonyl (C=O) groups excluding carboxylic acids is 2. The van der Waals surface area contributed by atoms with E-state index >= 15 is 0 Å². The Morgan fingerprint density at radius 2 is 1.77 bits per heavy atom. The summed E-state index contributed by atoms with van der Waals surface area (Å²) >= 11 is 0. The van der Waals surface area contributed by atoms with E-state index in [2.05, 4.69) is 37.4 Å². The maximum absolute atomic E-state index is 12.5. The van der Waals surface area contributed by atoms with Gasteiger partial charge in [0.2, 0.25) is 11.8 Å². The number of fused-ring (bicyclic) bond motifs is 1. The fourth-order valence-electron chi connectivity index (χ4n) is 3.63. The van der Waals surface area contributed by atoms with Crippen molar-refractivity contribution in [3.8, 4) is 0 Å². The Hall–Kier alpha value is -3.49. The van der Waals surface area contributed by atoms with E-state index in [1.54, 1.807) is 9.42 Å². The SMILES string of the molecule is Cc1cc(C)n2nc(CC(=O)NCC(=O)N3CCN(c4ccccc4)CC3)nc2n1. The normalized spacial score (nSPS) is 14.2. The van der Waals surface area contributed by atoms with E-state index < -0.39 is 0 Å². The molecule has 3 aromatic rings. The van der Waals surface area contributed by atoms with Crippen molar-refractivity contribution in [1.82, 2.24) is 29.8 Å². The molecule has 2 amide bonds. The Morgan fingerprint density at radius 1 is 1.03 bits per heavy atom. The van der Waals surface area contributed by atoms with Gasteiger partial charge in [-0.1, -0.05) is 18.2 Å². The van der Waals surface area contributed by atoms with Crippen molar-refractivity contribution in [3.63, 3.8) is 0 Å². The highest BCUT2D eigenvalue weighted by Gasteiger charge is 2.21. The van der Waals surface area contributed by atoms with Gasteiger partial charge in [0.15, 0.2) is 5.82 Å². The Morgan fingerprint density at radius 3 is 2.50 bits per heavy atom. The number of nitrogens with one attached hydrogen (secondary N) is 1. The van der Waals surface area contributed by atoms with Gasteiger partial charge in [-0.2, -0.15) is 4.98 Å². The second-order valence-electron chi connectivity index (χ2n) is 7.44. The molecular weight excluding hydrogens is 382 g/mol. The summed E-state index contributed by atoms with van der Waals surface area (Å²) in [7, 11) is 0. The Bertz CT molecular complexity index is 1060. The van der Waals surface area contributed by atoms with Gasteiger partial charge in [0, 0.05) is 43.3 Å². The van der Waals surface area contributed by atoms with Gasteiger partial charge in [-0.15, -0.1) is 5.10 Å². The summed E-state index contributed by atoms with van der Waals surface area (Å²) < 4.78 is 1.62. The molecule has 0 unspecified atom stereocenters. The molecule has 1 aliphatic heterocycles. The first-order valence-electron chi connectivity index (χ1n) is 10.0. The summed E-state index contributed by atoms with van der Waals surface area (Å²) in [5.41, 5.74) is 2.92. The number of hydrogen-bond donors (Lipinski definition) is 1. The molecule has 1 fully saturated rings.